The highest BCUT2D eigenvalue weighted by Gasteiger charge is 2.39. The summed E-state index contributed by atoms with van der Waals surface area (Å²) >= 11 is 1.87. The fourth-order valence-electron chi connectivity index (χ4n) is 2.52. The lowest BCUT2D eigenvalue weighted by molar-refractivity contribution is -0.130. The second-order valence-electron chi connectivity index (χ2n) is 6.40. The van der Waals surface area contributed by atoms with E-state index in [1.807, 2.05) is 11.8 Å². The standard InChI is InChI=1S/C15H30N2OS/c1-10(2)9-13-16-14(11(3)4)15(18)17(13)8-7-12(5)19-6/h10-14,16H,7-9H2,1-6H3. The molecule has 0 aromatic heterocycles. The normalized spacial score (nSPS) is 25.7. The fourth-order valence-corrected chi connectivity index (χ4v) is 2.87. The zero-order valence-electron chi connectivity index (χ0n) is 13.3. The van der Waals surface area contributed by atoms with E-state index in [1.54, 1.807) is 0 Å². The van der Waals surface area contributed by atoms with Crippen molar-refractivity contribution in [2.24, 2.45) is 11.8 Å². The van der Waals surface area contributed by atoms with E-state index in [4.69, 9.17) is 0 Å². The van der Waals surface area contributed by atoms with Crippen molar-refractivity contribution in [3.8, 4) is 0 Å². The van der Waals surface area contributed by atoms with Crippen molar-refractivity contribution in [3.63, 3.8) is 0 Å². The highest BCUT2D eigenvalue weighted by atomic mass is 32.2. The molecule has 0 spiro atoms. The Labute approximate surface area is 122 Å². The Morgan fingerprint density at radius 2 is 1.89 bits per heavy atom. The van der Waals surface area contributed by atoms with Gasteiger partial charge in [0.2, 0.25) is 5.91 Å². The van der Waals surface area contributed by atoms with Crippen LogP contribution in [0, 0.1) is 11.8 Å². The number of hydrogen-bond donors (Lipinski definition) is 1. The topological polar surface area (TPSA) is 32.3 Å². The second kappa shape index (κ2) is 7.53. The van der Waals surface area contributed by atoms with Crippen molar-refractivity contribution in [2.45, 2.75) is 64.9 Å². The molecule has 0 aromatic carbocycles. The first kappa shape index (κ1) is 16.8. The number of hydrogen-bond acceptors (Lipinski definition) is 3. The highest BCUT2D eigenvalue weighted by molar-refractivity contribution is 7.99. The minimum Gasteiger partial charge on any atom is -0.326 e. The fraction of sp³-hybridized carbons (Fsp3) is 0.933. The third kappa shape index (κ3) is 4.67. The van der Waals surface area contributed by atoms with Crippen LogP contribution in [-0.2, 0) is 4.79 Å². The van der Waals surface area contributed by atoms with E-state index in [1.165, 1.54) is 0 Å². The van der Waals surface area contributed by atoms with Crippen molar-refractivity contribution in [1.29, 1.82) is 0 Å². The van der Waals surface area contributed by atoms with Gasteiger partial charge in [0.05, 0.1) is 12.2 Å². The van der Waals surface area contributed by atoms with Crippen LogP contribution in [0.5, 0.6) is 0 Å². The van der Waals surface area contributed by atoms with E-state index >= 15 is 0 Å². The molecule has 1 saturated heterocycles. The lowest BCUT2D eigenvalue weighted by Gasteiger charge is -2.26. The number of nitrogens with zero attached hydrogens (tertiary/aromatic N) is 1. The van der Waals surface area contributed by atoms with Crippen molar-refractivity contribution in [3.05, 3.63) is 0 Å². The number of thioether (sulfide) groups is 1. The van der Waals surface area contributed by atoms with Gasteiger partial charge in [0.1, 0.15) is 0 Å². The van der Waals surface area contributed by atoms with Crippen LogP contribution in [0.2, 0.25) is 0 Å². The summed E-state index contributed by atoms with van der Waals surface area (Å²) in [6.45, 7) is 11.8. The van der Waals surface area contributed by atoms with Gasteiger partial charge in [-0.2, -0.15) is 11.8 Å². The number of rotatable bonds is 7. The average Bonchev–Trinajstić information content (AvgIpc) is 2.62. The van der Waals surface area contributed by atoms with E-state index in [-0.39, 0.29) is 12.2 Å². The van der Waals surface area contributed by atoms with Crippen LogP contribution in [0.3, 0.4) is 0 Å². The van der Waals surface area contributed by atoms with E-state index in [0.717, 1.165) is 19.4 Å². The first-order valence-electron chi connectivity index (χ1n) is 7.46. The van der Waals surface area contributed by atoms with Crippen LogP contribution in [0.25, 0.3) is 0 Å². The maximum absolute atomic E-state index is 12.5. The average molecular weight is 286 g/mol. The number of carbonyl (C=O) groups excluding carboxylic acids is 1. The molecule has 0 saturated carbocycles. The molecule has 0 radical (unpaired) electrons. The maximum atomic E-state index is 12.5. The van der Waals surface area contributed by atoms with Gasteiger partial charge in [-0.1, -0.05) is 34.6 Å². The Kier molecular flexibility index (Phi) is 6.67. The Balaban J connectivity index is 2.68. The van der Waals surface area contributed by atoms with Crippen LogP contribution in [-0.4, -0.2) is 41.1 Å². The van der Waals surface area contributed by atoms with Gasteiger partial charge < -0.3 is 4.90 Å². The van der Waals surface area contributed by atoms with Gasteiger partial charge >= 0.3 is 0 Å². The number of amides is 1. The zero-order valence-corrected chi connectivity index (χ0v) is 14.1. The minimum atomic E-state index is 0.00772. The molecule has 19 heavy (non-hydrogen) atoms. The first-order chi connectivity index (χ1) is 8.86. The monoisotopic (exact) mass is 286 g/mol. The van der Waals surface area contributed by atoms with Crippen LogP contribution >= 0.6 is 11.8 Å². The summed E-state index contributed by atoms with van der Waals surface area (Å²) in [4.78, 5) is 14.6. The van der Waals surface area contributed by atoms with E-state index in [9.17, 15) is 4.79 Å². The van der Waals surface area contributed by atoms with Gasteiger partial charge in [-0.3, -0.25) is 10.1 Å². The smallest absolute Gasteiger partial charge is 0.241 e. The largest absolute Gasteiger partial charge is 0.326 e. The molecule has 3 unspecified atom stereocenters. The summed E-state index contributed by atoms with van der Waals surface area (Å²) in [6, 6.07) is 0.00772. The molecular formula is C15H30N2OS. The van der Waals surface area contributed by atoms with Crippen LogP contribution in [0.15, 0.2) is 0 Å². The predicted molar refractivity (Wildman–Crippen MR) is 84.3 cm³/mol. The van der Waals surface area contributed by atoms with Crippen molar-refractivity contribution >= 4 is 17.7 Å². The van der Waals surface area contributed by atoms with Crippen molar-refractivity contribution in [1.82, 2.24) is 10.2 Å². The van der Waals surface area contributed by atoms with Gasteiger partial charge in [0.15, 0.2) is 0 Å². The molecule has 3 nitrogen and oxygen atoms in total. The highest BCUT2D eigenvalue weighted by Crippen LogP contribution is 2.23. The summed E-state index contributed by atoms with van der Waals surface area (Å²) in [7, 11) is 0. The van der Waals surface area contributed by atoms with Crippen LogP contribution in [0.1, 0.15) is 47.5 Å². The molecular weight excluding hydrogens is 256 g/mol. The molecule has 1 amide bonds. The first-order valence-corrected chi connectivity index (χ1v) is 8.74. The Morgan fingerprint density at radius 3 is 2.37 bits per heavy atom. The Morgan fingerprint density at radius 1 is 1.26 bits per heavy atom. The predicted octanol–water partition coefficient (Wildman–Crippen LogP) is 2.96. The van der Waals surface area contributed by atoms with Gasteiger partial charge in [-0.25, -0.2) is 0 Å². The Hall–Kier alpha value is -0.220. The van der Waals surface area contributed by atoms with Crippen LogP contribution in [0.4, 0.5) is 0 Å². The number of carbonyl (C=O) groups is 1. The third-order valence-corrected chi connectivity index (χ3v) is 4.88. The van der Waals surface area contributed by atoms with Crippen molar-refractivity contribution in [2.75, 3.05) is 12.8 Å². The van der Waals surface area contributed by atoms with Gasteiger partial charge in [0.25, 0.3) is 0 Å². The molecule has 1 rings (SSSR count). The molecule has 0 bridgehead atoms. The number of nitrogens with one attached hydrogen (secondary N) is 1. The molecule has 1 heterocycles. The van der Waals surface area contributed by atoms with Crippen molar-refractivity contribution < 1.29 is 4.79 Å². The molecule has 1 aliphatic heterocycles. The molecule has 1 aliphatic rings. The quantitative estimate of drug-likeness (QED) is 0.781. The SMILES string of the molecule is CSC(C)CCN1C(=O)C(C(C)C)NC1CC(C)C. The zero-order chi connectivity index (χ0) is 14.6. The molecule has 112 valence electrons. The van der Waals surface area contributed by atoms with Gasteiger partial charge in [0, 0.05) is 11.8 Å². The molecule has 1 fully saturated rings. The summed E-state index contributed by atoms with van der Waals surface area (Å²) in [5.41, 5.74) is 0. The van der Waals surface area contributed by atoms with Crippen LogP contribution < -0.4 is 5.32 Å². The molecule has 1 N–H and O–H groups in total. The van der Waals surface area contributed by atoms with Gasteiger partial charge in [-0.15, -0.1) is 0 Å². The third-order valence-electron chi connectivity index (χ3n) is 3.84. The lowest BCUT2D eigenvalue weighted by Crippen LogP contribution is -2.39. The van der Waals surface area contributed by atoms with Gasteiger partial charge in [-0.05, 0) is 30.9 Å². The summed E-state index contributed by atoms with van der Waals surface area (Å²) < 4.78 is 0. The molecule has 3 atom stereocenters. The second-order valence-corrected chi connectivity index (χ2v) is 7.68. The summed E-state index contributed by atoms with van der Waals surface area (Å²) in [5, 5.41) is 4.15. The van der Waals surface area contributed by atoms with E-state index in [0.29, 0.717) is 23.0 Å². The van der Waals surface area contributed by atoms with E-state index < -0.39 is 0 Å². The molecule has 4 heteroatoms. The Bertz CT molecular complexity index is 294. The lowest BCUT2D eigenvalue weighted by atomic mass is 10.0. The summed E-state index contributed by atoms with van der Waals surface area (Å²) in [6.07, 6.45) is 4.49. The van der Waals surface area contributed by atoms with E-state index in [2.05, 4.69) is 51.1 Å². The minimum absolute atomic E-state index is 0.00772. The molecule has 0 aromatic rings. The molecule has 0 aliphatic carbocycles. The maximum Gasteiger partial charge on any atom is 0.241 e. The summed E-state index contributed by atoms with van der Waals surface area (Å²) in [5.74, 6) is 1.27.